The third-order valence-electron chi connectivity index (χ3n) is 2.93. The second kappa shape index (κ2) is 4.95. The molecule has 1 atom stereocenters. The molecule has 5 nitrogen and oxygen atoms in total. The van der Waals surface area contributed by atoms with Gasteiger partial charge in [-0.2, -0.15) is 0 Å². The maximum atomic E-state index is 12.1. The topological polar surface area (TPSA) is 70.5 Å². The van der Waals surface area contributed by atoms with E-state index in [0.29, 0.717) is 18.7 Å². The van der Waals surface area contributed by atoms with Crippen LogP contribution in [0, 0.1) is 0 Å². The molecule has 0 unspecified atom stereocenters. The summed E-state index contributed by atoms with van der Waals surface area (Å²) in [6.07, 6.45) is 3.76. The number of hydrogen-bond donors (Lipinski definition) is 1. The first-order chi connectivity index (χ1) is 8.20. The molecule has 90 valence electrons. The van der Waals surface area contributed by atoms with Crippen molar-refractivity contribution in [3.8, 4) is 0 Å². The minimum Gasteiger partial charge on any atom is -0.480 e. The highest BCUT2D eigenvalue weighted by Crippen LogP contribution is 2.19. The van der Waals surface area contributed by atoms with Gasteiger partial charge in [-0.3, -0.25) is 9.78 Å². The van der Waals surface area contributed by atoms with Crippen LogP contribution < -0.4 is 0 Å². The molecule has 0 radical (unpaired) electrons. The van der Waals surface area contributed by atoms with Crippen molar-refractivity contribution >= 4 is 11.9 Å². The van der Waals surface area contributed by atoms with Crippen LogP contribution in [0.3, 0.4) is 0 Å². The van der Waals surface area contributed by atoms with Gasteiger partial charge in [-0.1, -0.05) is 6.07 Å². The van der Waals surface area contributed by atoms with Crippen molar-refractivity contribution in [2.45, 2.75) is 25.3 Å². The number of nitrogens with zero attached hydrogens (tertiary/aromatic N) is 2. The summed E-state index contributed by atoms with van der Waals surface area (Å²) in [5, 5.41) is 9.09. The van der Waals surface area contributed by atoms with E-state index >= 15 is 0 Å². The average Bonchev–Trinajstić information content (AvgIpc) is 2.39. The third-order valence-corrected chi connectivity index (χ3v) is 2.93. The molecule has 1 saturated heterocycles. The fourth-order valence-corrected chi connectivity index (χ4v) is 2.07. The quantitative estimate of drug-likeness (QED) is 0.833. The normalized spacial score (nSPS) is 20.0. The fourth-order valence-electron chi connectivity index (χ4n) is 2.07. The Morgan fingerprint density at radius 3 is 2.82 bits per heavy atom. The first kappa shape index (κ1) is 11.6. The maximum Gasteiger partial charge on any atom is 0.326 e. The lowest BCUT2D eigenvalue weighted by Crippen LogP contribution is -2.48. The number of pyridine rings is 1. The van der Waals surface area contributed by atoms with Gasteiger partial charge in [0.25, 0.3) is 5.91 Å². The van der Waals surface area contributed by atoms with Crippen molar-refractivity contribution < 1.29 is 14.7 Å². The van der Waals surface area contributed by atoms with Gasteiger partial charge in [-0.25, -0.2) is 4.79 Å². The van der Waals surface area contributed by atoms with Gasteiger partial charge in [0.2, 0.25) is 0 Å². The molecule has 1 aromatic rings. The van der Waals surface area contributed by atoms with Crippen LogP contribution in [0.25, 0.3) is 0 Å². The van der Waals surface area contributed by atoms with Gasteiger partial charge in [0, 0.05) is 12.7 Å². The van der Waals surface area contributed by atoms with Crippen molar-refractivity contribution in [3.05, 3.63) is 30.1 Å². The Morgan fingerprint density at radius 1 is 1.35 bits per heavy atom. The van der Waals surface area contributed by atoms with Crippen molar-refractivity contribution in [2.75, 3.05) is 6.54 Å². The number of piperidine rings is 1. The highest BCUT2D eigenvalue weighted by Gasteiger charge is 2.32. The van der Waals surface area contributed by atoms with Crippen LogP contribution in [-0.4, -0.2) is 39.5 Å². The molecule has 17 heavy (non-hydrogen) atoms. The Hall–Kier alpha value is -1.91. The van der Waals surface area contributed by atoms with Crippen LogP contribution >= 0.6 is 0 Å². The number of carboxylic acid groups (broad SMARTS) is 1. The molecule has 1 aromatic heterocycles. The van der Waals surface area contributed by atoms with Gasteiger partial charge in [0.05, 0.1) is 0 Å². The largest absolute Gasteiger partial charge is 0.480 e. The number of carboxylic acids is 1. The van der Waals surface area contributed by atoms with Crippen molar-refractivity contribution in [1.29, 1.82) is 0 Å². The summed E-state index contributed by atoms with van der Waals surface area (Å²) < 4.78 is 0. The summed E-state index contributed by atoms with van der Waals surface area (Å²) in [4.78, 5) is 28.6. The standard InChI is InChI=1S/C12H14N2O3/c15-11(9-5-1-3-7-13-9)14-8-4-2-6-10(14)12(16)17/h1,3,5,7,10H,2,4,6,8H2,(H,16,17)/t10-/m0/s1. The number of carbonyl (C=O) groups is 2. The van der Waals surface area contributed by atoms with Crippen LogP contribution in [0.4, 0.5) is 0 Å². The van der Waals surface area contributed by atoms with E-state index < -0.39 is 12.0 Å². The molecular weight excluding hydrogens is 220 g/mol. The number of carbonyl (C=O) groups excluding carboxylic acids is 1. The van der Waals surface area contributed by atoms with E-state index in [1.165, 1.54) is 11.1 Å². The number of hydrogen-bond acceptors (Lipinski definition) is 3. The zero-order chi connectivity index (χ0) is 12.3. The molecule has 2 rings (SSSR count). The van der Waals surface area contributed by atoms with Gasteiger partial charge >= 0.3 is 5.97 Å². The van der Waals surface area contributed by atoms with E-state index in [2.05, 4.69) is 4.98 Å². The molecule has 0 saturated carbocycles. The van der Waals surface area contributed by atoms with E-state index in [-0.39, 0.29) is 5.91 Å². The maximum absolute atomic E-state index is 12.1. The van der Waals surface area contributed by atoms with E-state index in [9.17, 15) is 9.59 Å². The summed E-state index contributed by atoms with van der Waals surface area (Å²) in [5.41, 5.74) is 0.306. The van der Waals surface area contributed by atoms with Gasteiger partial charge in [-0.15, -0.1) is 0 Å². The lowest BCUT2D eigenvalue weighted by atomic mass is 10.0. The van der Waals surface area contributed by atoms with E-state index in [0.717, 1.165) is 12.8 Å². The Bertz CT molecular complexity index is 419. The Labute approximate surface area is 99.1 Å². The first-order valence-corrected chi connectivity index (χ1v) is 5.65. The molecule has 2 heterocycles. The lowest BCUT2D eigenvalue weighted by Gasteiger charge is -2.32. The summed E-state index contributed by atoms with van der Waals surface area (Å²) >= 11 is 0. The van der Waals surface area contributed by atoms with Gasteiger partial charge in [0.15, 0.2) is 0 Å². The Balaban J connectivity index is 2.20. The van der Waals surface area contributed by atoms with Crippen LogP contribution in [0.2, 0.25) is 0 Å². The molecule has 1 fully saturated rings. The van der Waals surface area contributed by atoms with Crippen LogP contribution in [0.1, 0.15) is 29.8 Å². The highest BCUT2D eigenvalue weighted by atomic mass is 16.4. The predicted molar refractivity (Wildman–Crippen MR) is 60.5 cm³/mol. The second-order valence-corrected chi connectivity index (χ2v) is 4.06. The Kier molecular flexibility index (Phi) is 3.37. The van der Waals surface area contributed by atoms with Crippen LogP contribution in [0.5, 0.6) is 0 Å². The van der Waals surface area contributed by atoms with E-state index in [1.54, 1.807) is 18.2 Å². The fraction of sp³-hybridized carbons (Fsp3) is 0.417. The minimum atomic E-state index is -0.936. The molecule has 0 aliphatic carbocycles. The molecule has 1 aliphatic rings. The van der Waals surface area contributed by atoms with Gasteiger partial charge in [0.1, 0.15) is 11.7 Å². The molecular formula is C12H14N2O3. The number of rotatable bonds is 2. The summed E-state index contributed by atoms with van der Waals surface area (Å²) in [7, 11) is 0. The Morgan fingerprint density at radius 2 is 2.18 bits per heavy atom. The molecule has 1 aliphatic heterocycles. The second-order valence-electron chi connectivity index (χ2n) is 4.06. The number of likely N-dealkylation sites (tertiary alicyclic amines) is 1. The smallest absolute Gasteiger partial charge is 0.326 e. The number of aliphatic carboxylic acids is 1. The van der Waals surface area contributed by atoms with Crippen molar-refractivity contribution in [3.63, 3.8) is 0 Å². The van der Waals surface area contributed by atoms with Crippen molar-refractivity contribution in [2.24, 2.45) is 0 Å². The highest BCUT2D eigenvalue weighted by molar-refractivity contribution is 5.95. The van der Waals surface area contributed by atoms with Crippen LogP contribution in [0.15, 0.2) is 24.4 Å². The van der Waals surface area contributed by atoms with Gasteiger partial charge < -0.3 is 10.0 Å². The molecule has 1 N–H and O–H groups in total. The first-order valence-electron chi connectivity index (χ1n) is 5.65. The number of aromatic nitrogens is 1. The average molecular weight is 234 g/mol. The van der Waals surface area contributed by atoms with Crippen molar-refractivity contribution in [1.82, 2.24) is 9.88 Å². The van der Waals surface area contributed by atoms with Gasteiger partial charge in [-0.05, 0) is 31.4 Å². The minimum absolute atomic E-state index is 0.294. The zero-order valence-corrected chi connectivity index (χ0v) is 9.37. The molecule has 0 aromatic carbocycles. The SMILES string of the molecule is O=C(O)[C@@H]1CCCCN1C(=O)c1ccccn1. The molecule has 0 bridgehead atoms. The summed E-state index contributed by atoms with van der Waals surface area (Å²) in [6, 6.07) is 4.34. The summed E-state index contributed by atoms with van der Waals surface area (Å²) in [6.45, 7) is 0.492. The number of amides is 1. The van der Waals surface area contributed by atoms with E-state index in [1.807, 2.05) is 0 Å². The monoisotopic (exact) mass is 234 g/mol. The molecule has 0 spiro atoms. The third kappa shape index (κ3) is 2.43. The lowest BCUT2D eigenvalue weighted by molar-refractivity contribution is -0.143. The van der Waals surface area contributed by atoms with E-state index in [4.69, 9.17) is 5.11 Å². The summed E-state index contributed by atoms with van der Waals surface area (Å²) in [5.74, 6) is -1.23. The zero-order valence-electron chi connectivity index (χ0n) is 9.37. The molecule has 5 heteroatoms. The predicted octanol–water partition coefficient (Wildman–Crippen LogP) is 1.16. The van der Waals surface area contributed by atoms with Crippen LogP contribution in [-0.2, 0) is 4.79 Å². The molecule has 1 amide bonds.